The summed E-state index contributed by atoms with van der Waals surface area (Å²) in [5, 5.41) is 0. The van der Waals surface area contributed by atoms with E-state index in [4.69, 9.17) is 5.73 Å². The third-order valence-electron chi connectivity index (χ3n) is 4.46. The fourth-order valence-corrected chi connectivity index (χ4v) is 3.03. The number of likely N-dealkylation sites (N-methyl/N-ethyl adjacent to an activating group) is 1. The molecule has 110 valence electrons. The lowest BCUT2D eigenvalue weighted by Crippen LogP contribution is -2.56. The molecule has 1 aromatic rings. The van der Waals surface area contributed by atoms with Gasteiger partial charge in [0.05, 0.1) is 5.54 Å². The lowest BCUT2D eigenvalue weighted by atomic mass is 9.81. The molecule has 2 rings (SSSR count). The molecule has 3 nitrogen and oxygen atoms in total. The second kappa shape index (κ2) is 6.40. The van der Waals surface area contributed by atoms with Gasteiger partial charge in [0.1, 0.15) is 0 Å². The van der Waals surface area contributed by atoms with Crippen molar-refractivity contribution in [2.45, 2.75) is 58.0 Å². The van der Waals surface area contributed by atoms with Crippen molar-refractivity contribution in [1.29, 1.82) is 0 Å². The molecule has 1 saturated carbocycles. The Hall–Kier alpha value is -1.35. The normalized spacial score (nSPS) is 17.8. The lowest BCUT2D eigenvalue weighted by Gasteiger charge is -2.36. The monoisotopic (exact) mass is 274 g/mol. The number of rotatable bonds is 4. The van der Waals surface area contributed by atoms with Crippen LogP contribution in [0.1, 0.15) is 50.2 Å². The molecule has 0 aliphatic heterocycles. The first-order valence-corrected chi connectivity index (χ1v) is 7.69. The summed E-state index contributed by atoms with van der Waals surface area (Å²) in [4.78, 5) is 14.7. The van der Waals surface area contributed by atoms with Crippen LogP contribution in [0.15, 0.2) is 24.3 Å². The van der Waals surface area contributed by atoms with Crippen LogP contribution in [0, 0.1) is 6.92 Å². The summed E-state index contributed by atoms with van der Waals surface area (Å²) in [7, 11) is 0. The molecule has 0 spiro atoms. The fourth-order valence-electron chi connectivity index (χ4n) is 3.03. The van der Waals surface area contributed by atoms with Gasteiger partial charge in [-0.15, -0.1) is 0 Å². The Morgan fingerprint density at radius 3 is 2.50 bits per heavy atom. The maximum Gasteiger partial charge on any atom is 0.242 e. The molecule has 0 heterocycles. The van der Waals surface area contributed by atoms with Crippen LogP contribution in [0.2, 0.25) is 0 Å². The van der Waals surface area contributed by atoms with Crippen molar-refractivity contribution in [2.75, 3.05) is 6.54 Å². The molecule has 1 aromatic carbocycles. The van der Waals surface area contributed by atoms with Crippen LogP contribution < -0.4 is 5.73 Å². The molecule has 1 aliphatic carbocycles. The standard InChI is InChI=1S/C17H26N2O/c1-3-19(13-15-10-6-5-9-14(15)2)16(20)17(18)11-7-4-8-12-17/h5-6,9-10H,3-4,7-8,11-13,18H2,1-2H3. The second-order valence-corrected chi connectivity index (χ2v) is 5.96. The Morgan fingerprint density at radius 1 is 1.25 bits per heavy atom. The summed E-state index contributed by atoms with van der Waals surface area (Å²) in [5.74, 6) is 0.128. The van der Waals surface area contributed by atoms with Gasteiger partial charge in [-0.05, 0) is 37.8 Å². The van der Waals surface area contributed by atoms with Crippen molar-refractivity contribution in [1.82, 2.24) is 4.90 Å². The summed E-state index contributed by atoms with van der Waals surface area (Å²) < 4.78 is 0. The predicted octanol–water partition coefficient (Wildman–Crippen LogP) is 3.01. The highest BCUT2D eigenvalue weighted by Gasteiger charge is 2.37. The van der Waals surface area contributed by atoms with Crippen LogP contribution in [-0.4, -0.2) is 22.9 Å². The Kier molecular flexibility index (Phi) is 4.81. The summed E-state index contributed by atoms with van der Waals surface area (Å²) in [5.41, 5.74) is 8.19. The third kappa shape index (κ3) is 3.21. The van der Waals surface area contributed by atoms with Crippen molar-refractivity contribution in [2.24, 2.45) is 5.73 Å². The molecular weight excluding hydrogens is 248 g/mol. The Bertz CT molecular complexity index is 464. The molecule has 1 amide bonds. The van der Waals surface area contributed by atoms with Gasteiger partial charge in [0.2, 0.25) is 5.91 Å². The molecule has 0 radical (unpaired) electrons. The molecule has 2 N–H and O–H groups in total. The SMILES string of the molecule is CCN(Cc1ccccc1C)C(=O)C1(N)CCCCC1. The first-order chi connectivity index (χ1) is 9.57. The van der Waals surface area contributed by atoms with Crippen LogP contribution in [0.5, 0.6) is 0 Å². The van der Waals surface area contributed by atoms with E-state index < -0.39 is 5.54 Å². The molecule has 0 saturated heterocycles. The zero-order valence-corrected chi connectivity index (χ0v) is 12.7. The first kappa shape index (κ1) is 15.0. The zero-order valence-electron chi connectivity index (χ0n) is 12.7. The molecule has 3 heteroatoms. The van der Waals surface area contributed by atoms with Crippen LogP contribution in [-0.2, 0) is 11.3 Å². The largest absolute Gasteiger partial charge is 0.337 e. The van der Waals surface area contributed by atoms with Gasteiger partial charge >= 0.3 is 0 Å². The number of benzene rings is 1. The van der Waals surface area contributed by atoms with Gasteiger partial charge in [-0.25, -0.2) is 0 Å². The highest BCUT2D eigenvalue weighted by atomic mass is 16.2. The average Bonchev–Trinajstić information content (AvgIpc) is 2.46. The molecule has 1 fully saturated rings. The van der Waals surface area contributed by atoms with Gasteiger partial charge in [-0.2, -0.15) is 0 Å². The number of aryl methyl sites for hydroxylation is 1. The topological polar surface area (TPSA) is 46.3 Å². The highest BCUT2D eigenvalue weighted by Crippen LogP contribution is 2.28. The van der Waals surface area contributed by atoms with E-state index in [2.05, 4.69) is 19.1 Å². The number of carbonyl (C=O) groups excluding carboxylic acids is 1. The number of amides is 1. The van der Waals surface area contributed by atoms with Crippen molar-refractivity contribution in [3.63, 3.8) is 0 Å². The Balaban J connectivity index is 2.11. The number of nitrogens with zero attached hydrogens (tertiary/aromatic N) is 1. The van der Waals surface area contributed by atoms with Gasteiger partial charge in [0.25, 0.3) is 0 Å². The summed E-state index contributed by atoms with van der Waals surface area (Å²) in [6.45, 7) is 5.50. The van der Waals surface area contributed by atoms with Crippen molar-refractivity contribution >= 4 is 5.91 Å². The average molecular weight is 274 g/mol. The number of hydrogen-bond acceptors (Lipinski definition) is 2. The van der Waals surface area contributed by atoms with Crippen LogP contribution in [0.25, 0.3) is 0 Å². The van der Waals surface area contributed by atoms with Gasteiger partial charge in [-0.3, -0.25) is 4.79 Å². The van der Waals surface area contributed by atoms with Crippen LogP contribution in [0.3, 0.4) is 0 Å². The van der Waals surface area contributed by atoms with E-state index >= 15 is 0 Å². The molecule has 0 aromatic heterocycles. The predicted molar refractivity (Wildman–Crippen MR) is 82.3 cm³/mol. The van der Waals surface area contributed by atoms with Gasteiger partial charge in [-0.1, -0.05) is 43.5 Å². The first-order valence-electron chi connectivity index (χ1n) is 7.69. The summed E-state index contributed by atoms with van der Waals surface area (Å²) >= 11 is 0. The molecule has 1 aliphatic rings. The summed E-state index contributed by atoms with van der Waals surface area (Å²) in [6.07, 6.45) is 5.01. The smallest absolute Gasteiger partial charge is 0.242 e. The minimum Gasteiger partial charge on any atom is -0.337 e. The molecule has 0 atom stereocenters. The Labute approximate surface area is 122 Å². The van der Waals surface area contributed by atoms with E-state index in [1.165, 1.54) is 17.5 Å². The van der Waals surface area contributed by atoms with E-state index in [1.807, 2.05) is 24.0 Å². The maximum absolute atomic E-state index is 12.8. The fraction of sp³-hybridized carbons (Fsp3) is 0.588. The van der Waals surface area contributed by atoms with E-state index in [0.717, 1.165) is 25.7 Å². The second-order valence-electron chi connectivity index (χ2n) is 5.96. The van der Waals surface area contributed by atoms with Crippen molar-refractivity contribution < 1.29 is 4.79 Å². The van der Waals surface area contributed by atoms with E-state index in [1.54, 1.807) is 0 Å². The van der Waals surface area contributed by atoms with Gasteiger partial charge in [0.15, 0.2) is 0 Å². The minimum absolute atomic E-state index is 0.128. The highest BCUT2D eigenvalue weighted by molar-refractivity contribution is 5.86. The van der Waals surface area contributed by atoms with Crippen LogP contribution in [0.4, 0.5) is 0 Å². The van der Waals surface area contributed by atoms with E-state index in [9.17, 15) is 4.79 Å². The maximum atomic E-state index is 12.8. The minimum atomic E-state index is -0.628. The lowest BCUT2D eigenvalue weighted by molar-refractivity contribution is -0.138. The van der Waals surface area contributed by atoms with Gasteiger partial charge in [0, 0.05) is 13.1 Å². The molecular formula is C17H26N2O. The quantitative estimate of drug-likeness (QED) is 0.917. The molecule has 0 unspecified atom stereocenters. The summed E-state index contributed by atoms with van der Waals surface area (Å²) in [6, 6.07) is 8.24. The molecule has 20 heavy (non-hydrogen) atoms. The van der Waals surface area contributed by atoms with E-state index in [0.29, 0.717) is 13.1 Å². The number of carbonyl (C=O) groups is 1. The number of nitrogens with two attached hydrogens (primary N) is 1. The van der Waals surface area contributed by atoms with Crippen molar-refractivity contribution in [3.8, 4) is 0 Å². The van der Waals surface area contributed by atoms with Crippen LogP contribution >= 0.6 is 0 Å². The van der Waals surface area contributed by atoms with E-state index in [-0.39, 0.29) is 5.91 Å². The van der Waals surface area contributed by atoms with Gasteiger partial charge < -0.3 is 10.6 Å². The zero-order chi connectivity index (χ0) is 14.6. The number of hydrogen-bond donors (Lipinski definition) is 1. The Morgan fingerprint density at radius 2 is 1.90 bits per heavy atom. The molecule has 0 bridgehead atoms. The van der Waals surface area contributed by atoms with Crippen molar-refractivity contribution in [3.05, 3.63) is 35.4 Å². The third-order valence-corrected chi connectivity index (χ3v) is 4.46.